The topological polar surface area (TPSA) is 21.1 Å². The van der Waals surface area contributed by atoms with Gasteiger partial charge in [-0.3, -0.25) is 4.90 Å². The Morgan fingerprint density at radius 2 is 2.20 bits per heavy atom. The van der Waals surface area contributed by atoms with Crippen LogP contribution in [0, 0.1) is 0 Å². The molecule has 1 heterocycles. The van der Waals surface area contributed by atoms with Gasteiger partial charge >= 0.3 is 0 Å². The van der Waals surface area contributed by atoms with Crippen LogP contribution >= 0.6 is 11.6 Å². The predicted octanol–water partition coefficient (Wildman–Crippen LogP) is 2.26. The van der Waals surface area contributed by atoms with Crippen LogP contribution in [-0.2, 0) is 13.6 Å². The Balaban J connectivity index is 2.18. The zero-order valence-electron chi connectivity index (χ0n) is 9.62. The molecule has 3 nitrogen and oxygen atoms in total. The minimum atomic E-state index is 0.781. The third-order valence-electron chi connectivity index (χ3n) is 2.51. The molecular formula is C11H20ClN3. The minimum Gasteiger partial charge on any atom is -0.337 e. The highest BCUT2D eigenvalue weighted by molar-refractivity contribution is 6.17. The molecule has 0 aliphatic rings. The number of hydrogen-bond acceptors (Lipinski definition) is 2. The van der Waals surface area contributed by atoms with Gasteiger partial charge in [0.15, 0.2) is 0 Å². The first kappa shape index (κ1) is 12.5. The molecule has 0 aliphatic heterocycles. The van der Waals surface area contributed by atoms with E-state index in [-0.39, 0.29) is 0 Å². The number of alkyl halides is 1. The van der Waals surface area contributed by atoms with Gasteiger partial charge in [0.25, 0.3) is 0 Å². The first-order chi connectivity index (χ1) is 7.24. The zero-order chi connectivity index (χ0) is 11.1. The van der Waals surface area contributed by atoms with Gasteiger partial charge in [-0.15, -0.1) is 11.6 Å². The molecule has 0 unspecified atom stereocenters. The molecule has 86 valence electrons. The van der Waals surface area contributed by atoms with Crippen LogP contribution in [0.15, 0.2) is 12.4 Å². The first-order valence-corrected chi connectivity index (χ1v) is 5.98. The highest BCUT2D eigenvalue weighted by Gasteiger charge is 2.03. The van der Waals surface area contributed by atoms with Crippen LogP contribution < -0.4 is 0 Å². The lowest BCUT2D eigenvalue weighted by atomic mass is 10.2. The van der Waals surface area contributed by atoms with Gasteiger partial charge in [0.2, 0.25) is 0 Å². The average molecular weight is 230 g/mol. The lowest BCUT2D eigenvalue weighted by Gasteiger charge is -2.15. The lowest BCUT2D eigenvalue weighted by Crippen LogP contribution is -2.21. The highest BCUT2D eigenvalue weighted by Crippen LogP contribution is 2.03. The van der Waals surface area contributed by atoms with Gasteiger partial charge in [-0.1, -0.05) is 6.42 Å². The quantitative estimate of drug-likeness (QED) is 0.528. The number of aryl methyl sites for hydroxylation is 1. The third-order valence-corrected chi connectivity index (χ3v) is 2.77. The maximum atomic E-state index is 5.63. The largest absolute Gasteiger partial charge is 0.337 e. The van der Waals surface area contributed by atoms with Crippen molar-refractivity contribution in [3.05, 3.63) is 18.2 Å². The summed E-state index contributed by atoms with van der Waals surface area (Å²) in [4.78, 5) is 6.60. The molecule has 0 radical (unpaired) electrons. The number of rotatable bonds is 7. The fraction of sp³-hybridized carbons (Fsp3) is 0.727. The van der Waals surface area contributed by atoms with Crippen molar-refractivity contribution in [1.82, 2.24) is 14.5 Å². The summed E-state index contributed by atoms with van der Waals surface area (Å²) in [5.41, 5.74) is 0. The predicted molar refractivity (Wildman–Crippen MR) is 64.1 cm³/mol. The molecule has 1 rings (SSSR count). The smallest absolute Gasteiger partial charge is 0.122 e. The second kappa shape index (κ2) is 6.85. The molecule has 0 amide bonds. The molecule has 0 N–H and O–H groups in total. The molecule has 0 saturated heterocycles. The van der Waals surface area contributed by atoms with Crippen molar-refractivity contribution < 1.29 is 0 Å². The van der Waals surface area contributed by atoms with Crippen molar-refractivity contribution in [2.24, 2.45) is 7.05 Å². The molecule has 0 fully saturated rings. The number of hydrogen-bond donors (Lipinski definition) is 0. The molecule has 0 aromatic carbocycles. The summed E-state index contributed by atoms with van der Waals surface area (Å²) in [5, 5.41) is 0. The molecule has 0 atom stereocenters. The van der Waals surface area contributed by atoms with Crippen molar-refractivity contribution in [3.63, 3.8) is 0 Å². The van der Waals surface area contributed by atoms with E-state index in [1.807, 2.05) is 19.4 Å². The lowest BCUT2D eigenvalue weighted by molar-refractivity contribution is 0.307. The van der Waals surface area contributed by atoms with Crippen LogP contribution in [0.4, 0.5) is 0 Å². The maximum absolute atomic E-state index is 5.63. The van der Waals surface area contributed by atoms with E-state index in [0.717, 1.165) is 31.2 Å². The molecule has 4 heteroatoms. The molecular weight excluding hydrogens is 210 g/mol. The van der Waals surface area contributed by atoms with Crippen molar-refractivity contribution in [2.75, 3.05) is 19.5 Å². The summed E-state index contributed by atoms with van der Waals surface area (Å²) >= 11 is 5.63. The van der Waals surface area contributed by atoms with Gasteiger partial charge in [-0.05, 0) is 26.4 Å². The summed E-state index contributed by atoms with van der Waals surface area (Å²) in [7, 11) is 4.17. The monoisotopic (exact) mass is 229 g/mol. The standard InChI is InChI=1S/C11H20ClN3/c1-14(8-5-3-4-6-12)10-11-13-7-9-15(11)2/h7,9H,3-6,8,10H2,1-2H3. The molecule has 0 saturated carbocycles. The molecule has 0 bridgehead atoms. The Morgan fingerprint density at radius 3 is 2.80 bits per heavy atom. The Hall–Kier alpha value is -0.540. The number of unbranched alkanes of at least 4 members (excludes halogenated alkanes) is 2. The Kier molecular flexibility index (Phi) is 5.73. The van der Waals surface area contributed by atoms with Crippen molar-refractivity contribution >= 4 is 11.6 Å². The van der Waals surface area contributed by atoms with Gasteiger partial charge in [0.1, 0.15) is 5.82 Å². The zero-order valence-corrected chi connectivity index (χ0v) is 10.4. The van der Waals surface area contributed by atoms with E-state index in [2.05, 4.69) is 21.5 Å². The van der Waals surface area contributed by atoms with Crippen LogP contribution in [0.25, 0.3) is 0 Å². The van der Waals surface area contributed by atoms with Crippen LogP contribution in [-0.4, -0.2) is 33.9 Å². The third kappa shape index (κ3) is 4.67. The summed E-state index contributed by atoms with van der Waals surface area (Å²) in [6.07, 6.45) is 7.38. The average Bonchev–Trinajstić information content (AvgIpc) is 2.59. The molecule has 1 aromatic heterocycles. The van der Waals surface area contributed by atoms with Crippen LogP contribution in [0.5, 0.6) is 0 Å². The van der Waals surface area contributed by atoms with E-state index < -0.39 is 0 Å². The second-order valence-electron chi connectivity index (χ2n) is 3.94. The van der Waals surface area contributed by atoms with Crippen molar-refractivity contribution in [1.29, 1.82) is 0 Å². The summed E-state index contributed by atoms with van der Waals surface area (Å²) in [5.74, 6) is 1.90. The van der Waals surface area contributed by atoms with Crippen LogP contribution in [0.3, 0.4) is 0 Å². The summed E-state index contributed by atoms with van der Waals surface area (Å²) in [6, 6.07) is 0. The van der Waals surface area contributed by atoms with Crippen LogP contribution in [0.2, 0.25) is 0 Å². The molecule has 15 heavy (non-hydrogen) atoms. The van der Waals surface area contributed by atoms with Crippen molar-refractivity contribution in [2.45, 2.75) is 25.8 Å². The fourth-order valence-electron chi connectivity index (χ4n) is 1.52. The van der Waals surface area contributed by atoms with Gasteiger partial charge in [-0.25, -0.2) is 4.98 Å². The Labute approximate surface area is 97.1 Å². The van der Waals surface area contributed by atoms with Gasteiger partial charge in [0.05, 0.1) is 6.54 Å². The number of nitrogens with zero attached hydrogens (tertiary/aromatic N) is 3. The fourth-order valence-corrected chi connectivity index (χ4v) is 1.71. The van der Waals surface area contributed by atoms with E-state index in [1.165, 1.54) is 12.8 Å². The highest BCUT2D eigenvalue weighted by atomic mass is 35.5. The Bertz CT molecular complexity index is 273. The van der Waals surface area contributed by atoms with Gasteiger partial charge < -0.3 is 4.57 Å². The number of halogens is 1. The molecule has 0 aliphatic carbocycles. The van der Waals surface area contributed by atoms with Crippen LogP contribution in [0.1, 0.15) is 25.1 Å². The van der Waals surface area contributed by atoms with E-state index in [0.29, 0.717) is 0 Å². The molecule has 1 aromatic rings. The number of aromatic nitrogens is 2. The minimum absolute atomic E-state index is 0.781. The van der Waals surface area contributed by atoms with E-state index in [1.54, 1.807) is 0 Å². The maximum Gasteiger partial charge on any atom is 0.122 e. The number of imidazole rings is 1. The van der Waals surface area contributed by atoms with Gasteiger partial charge in [0, 0.05) is 25.3 Å². The summed E-state index contributed by atoms with van der Waals surface area (Å²) in [6.45, 7) is 2.04. The normalized spacial score (nSPS) is 11.2. The molecule has 0 spiro atoms. The van der Waals surface area contributed by atoms with Gasteiger partial charge in [-0.2, -0.15) is 0 Å². The summed E-state index contributed by atoms with van der Waals surface area (Å²) < 4.78 is 2.06. The van der Waals surface area contributed by atoms with E-state index in [9.17, 15) is 0 Å². The SMILES string of the molecule is CN(CCCCCCl)Cc1nccn1C. The van der Waals surface area contributed by atoms with Crippen molar-refractivity contribution in [3.8, 4) is 0 Å². The Morgan fingerprint density at radius 1 is 1.40 bits per heavy atom. The van der Waals surface area contributed by atoms with E-state index >= 15 is 0 Å². The second-order valence-corrected chi connectivity index (χ2v) is 4.32. The van der Waals surface area contributed by atoms with E-state index in [4.69, 9.17) is 11.6 Å². The first-order valence-electron chi connectivity index (χ1n) is 5.44.